The van der Waals surface area contributed by atoms with Crippen LogP contribution in [0.3, 0.4) is 0 Å². The van der Waals surface area contributed by atoms with E-state index in [-0.39, 0.29) is 6.10 Å². The molecule has 0 fully saturated rings. The van der Waals surface area contributed by atoms with Crippen molar-refractivity contribution >= 4 is 28.5 Å². The van der Waals surface area contributed by atoms with Gasteiger partial charge in [0.15, 0.2) is 6.10 Å². The maximum Gasteiger partial charge on any atom is 0.152 e. The third-order valence-corrected chi connectivity index (χ3v) is 4.30. The second-order valence-electron chi connectivity index (χ2n) is 3.46. The van der Waals surface area contributed by atoms with E-state index in [0.29, 0.717) is 12.4 Å². The molecule has 0 spiro atoms. The summed E-state index contributed by atoms with van der Waals surface area (Å²) in [6, 6.07) is 6.04. The van der Waals surface area contributed by atoms with E-state index in [1.54, 1.807) is 22.7 Å². The minimum absolute atomic E-state index is 0.00519. The van der Waals surface area contributed by atoms with Gasteiger partial charge in [0, 0.05) is 4.88 Å². The van der Waals surface area contributed by atoms with Crippen molar-refractivity contribution in [1.82, 2.24) is 0 Å². The summed E-state index contributed by atoms with van der Waals surface area (Å²) in [5.74, 6) is 1.44. The zero-order valence-electron chi connectivity index (χ0n) is 8.42. The molecule has 0 radical (unpaired) electrons. The van der Waals surface area contributed by atoms with Crippen molar-refractivity contribution in [3.05, 3.63) is 38.7 Å². The highest BCUT2D eigenvalue weighted by molar-refractivity contribution is 7.12. The minimum Gasteiger partial charge on any atom is -0.481 e. The topological polar surface area (TPSA) is 47.6 Å². The lowest BCUT2D eigenvalue weighted by atomic mass is 10.3. The Balaban J connectivity index is 1.98. The third kappa shape index (κ3) is 1.62. The maximum absolute atomic E-state index is 5.94. The van der Waals surface area contributed by atoms with Gasteiger partial charge in [-0.25, -0.2) is 0 Å². The zero-order valence-corrected chi connectivity index (χ0v) is 10.1. The predicted molar refractivity (Wildman–Crippen MR) is 67.6 cm³/mol. The normalized spacial score (nSPS) is 19.5. The Morgan fingerprint density at radius 1 is 1.31 bits per heavy atom. The highest BCUT2D eigenvalue weighted by Crippen LogP contribution is 2.33. The van der Waals surface area contributed by atoms with Gasteiger partial charge in [-0.05, 0) is 22.9 Å². The zero-order chi connectivity index (χ0) is 11.0. The highest BCUT2D eigenvalue weighted by Gasteiger charge is 2.21. The molecule has 3 rings (SSSR count). The van der Waals surface area contributed by atoms with Gasteiger partial charge >= 0.3 is 0 Å². The molecule has 82 valence electrons. The van der Waals surface area contributed by atoms with Crippen LogP contribution >= 0.6 is 22.7 Å². The van der Waals surface area contributed by atoms with Crippen molar-refractivity contribution in [3.8, 4) is 5.75 Å². The van der Waals surface area contributed by atoms with Gasteiger partial charge in [0.05, 0.1) is 6.54 Å². The van der Waals surface area contributed by atoms with Gasteiger partial charge in [0.25, 0.3) is 0 Å². The molecule has 3 heterocycles. The predicted octanol–water partition coefficient (Wildman–Crippen LogP) is 2.65. The molecular formula is C11H10N2OS2. The summed E-state index contributed by atoms with van der Waals surface area (Å²) in [6.45, 7) is 0.591. The molecule has 5 heteroatoms. The van der Waals surface area contributed by atoms with E-state index >= 15 is 0 Å². The van der Waals surface area contributed by atoms with Crippen molar-refractivity contribution in [2.45, 2.75) is 6.10 Å². The third-order valence-electron chi connectivity index (χ3n) is 2.42. The maximum atomic E-state index is 5.94. The quantitative estimate of drug-likeness (QED) is 0.845. The van der Waals surface area contributed by atoms with E-state index in [0.717, 1.165) is 10.6 Å². The van der Waals surface area contributed by atoms with Crippen molar-refractivity contribution in [3.63, 3.8) is 0 Å². The monoisotopic (exact) mass is 250 g/mol. The first kappa shape index (κ1) is 9.86. The number of aliphatic imine (C=N–C) groups is 1. The van der Waals surface area contributed by atoms with Gasteiger partial charge in [0.1, 0.15) is 16.5 Å². The molecule has 2 aromatic heterocycles. The molecule has 0 bridgehead atoms. The number of rotatable bonds is 1. The molecule has 1 aliphatic heterocycles. The molecule has 1 atom stereocenters. The number of nitrogens with zero attached hydrogens (tertiary/aromatic N) is 1. The van der Waals surface area contributed by atoms with E-state index in [2.05, 4.69) is 11.1 Å². The lowest BCUT2D eigenvalue weighted by molar-refractivity contribution is 0.221. The van der Waals surface area contributed by atoms with Crippen LogP contribution in [0.2, 0.25) is 0 Å². The van der Waals surface area contributed by atoms with Gasteiger partial charge < -0.3 is 10.5 Å². The summed E-state index contributed by atoms with van der Waals surface area (Å²) >= 11 is 3.25. The fourth-order valence-electron chi connectivity index (χ4n) is 1.64. The molecular weight excluding hydrogens is 240 g/mol. The van der Waals surface area contributed by atoms with E-state index in [9.17, 15) is 0 Å². The summed E-state index contributed by atoms with van der Waals surface area (Å²) in [4.78, 5) is 6.50. The molecule has 1 aliphatic rings. The van der Waals surface area contributed by atoms with Gasteiger partial charge in [-0.3, -0.25) is 4.99 Å². The highest BCUT2D eigenvalue weighted by atomic mass is 32.1. The van der Waals surface area contributed by atoms with Gasteiger partial charge in [0.2, 0.25) is 0 Å². The number of hydrogen-bond acceptors (Lipinski definition) is 5. The average Bonchev–Trinajstić information content (AvgIpc) is 2.92. The number of fused-ring (bicyclic) bond motifs is 1. The first-order valence-electron chi connectivity index (χ1n) is 4.92. The average molecular weight is 250 g/mol. The molecule has 0 aliphatic carbocycles. The van der Waals surface area contributed by atoms with Crippen LogP contribution in [0.1, 0.15) is 15.9 Å². The molecule has 0 saturated heterocycles. The van der Waals surface area contributed by atoms with Crippen LogP contribution in [-0.2, 0) is 0 Å². The summed E-state index contributed by atoms with van der Waals surface area (Å²) in [7, 11) is 0. The number of thiophene rings is 2. The van der Waals surface area contributed by atoms with Crippen molar-refractivity contribution in [2.24, 2.45) is 10.7 Å². The van der Waals surface area contributed by atoms with Crippen molar-refractivity contribution < 1.29 is 4.74 Å². The van der Waals surface area contributed by atoms with Crippen LogP contribution in [0.15, 0.2) is 34.0 Å². The van der Waals surface area contributed by atoms with E-state index in [4.69, 9.17) is 10.5 Å². The second-order valence-corrected chi connectivity index (χ2v) is 5.36. The fourth-order valence-corrected chi connectivity index (χ4v) is 3.13. The van der Waals surface area contributed by atoms with Gasteiger partial charge in [-0.15, -0.1) is 22.7 Å². The summed E-state index contributed by atoms with van der Waals surface area (Å²) in [6.07, 6.45) is -0.00519. The number of nitrogens with two attached hydrogens (primary N) is 1. The Labute approximate surface area is 101 Å². The molecule has 3 nitrogen and oxygen atoms in total. The van der Waals surface area contributed by atoms with E-state index < -0.39 is 0 Å². The smallest absolute Gasteiger partial charge is 0.152 e. The number of amidine groups is 1. The van der Waals surface area contributed by atoms with Crippen LogP contribution in [-0.4, -0.2) is 12.4 Å². The first-order chi connectivity index (χ1) is 7.84. The summed E-state index contributed by atoms with van der Waals surface area (Å²) in [5.41, 5.74) is 5.89. The van der Waals surface area contributed by atoms with Gasteiger partial charge in [-0.1, -0.05) is 6.07 Å². The molecule has 16 heavy (non-hydrogen) atoms. The molecule has 1 unspecified atom stereocenters. The SMILES string of the molecule is NC1=NCC(c2cccs2)Oc2ccsc21. The van der Waals surface area contributed by atoms with Crippen molar-refractivity contribution in [2.75, 3.05) is 6.54 Å². The van der Waals surface area contributed by atoms with Crippen LogP contribution in [0.4, 0.5) is 0 Å². The van der Waals surface area contributed by atoms with Crippen LogP contribution < -0.4 is 10.5 Å². The van der Waals surface area contributed by atoms with Crippen molar-refractivity contribution in [1.29, 1.82) is 0 Å². The molecule has 0 aromatic carbocycles. The molecule has 0 saturated carbocycles. The lowest BCUT2D eigenvalue weighted by Crippen LogP contribution is -2.11. The van der Waals surface area contributed by atoms with Crippen LogP contribution in [0.25, 0.3) is 0 Å². The van der Waals surface area contributed by atoms with E-state index in [1.807, 2.05) is 22.9 Å². The summed E-state index contributed by atoms with van der Waals surface area (Å²) < 4.78 is 5.94. The summed E-state index contributed by atoms with van der Waals surface area (Å²) in [5, 5.41) is 4.02. The second kappa shape index (κ2) is 3.92. The molecule has 2 aromatic rings. The Hall–Kier alpha value is -1.33. The fraction of sp³-hybridized carbons (Fsp3) is 0.182. The Morgan fingerprint density at radius 3 is 3.06 bits per heavy atom. The molecule has 0 amide bonds. The Bertz CT molecular complexity index is 516. The van der Waals surface area contributed by atoms with Crippen LogP contribution in [0, 0.1) is 0 Å². The number of hydrogen-bond donors (Lipinski definition) is 1. The standard InChI is InChI=1S/C11H10N2OS2/c12-11-10-7(3-5-16-10)14-8(6-13-11)9-2-1-4-15-9/h1-5,8H,6H2,(H2,12,13). The lowest BCUT2D eigenvalue weighted by Gasteiger charge is -2.13. The minimum atomic E-state index is -0.00519. The Morgan fingerprint density at radius 2 is 2.25 bits per heavy atom. The Kier molecular flexibility index (Phi) is 2.41. The largest absolute Gasteiger partial charge is 0.481 e. The van der Waals surface area contributed by atoms with E-state index in [1.165, 1.54) is 4.88 Å². The first-order valence-corrected chi connectivity index (χ1v) is 6.68. The van der Waals surface area contributed by atoms with Crippen LogP contribution in [0.5, 0.6) is 5.75 Å². The van der Waals surface area contributed by atoms with Gasteiger partial charge in [-0.2, -0.15) is 0 Å². The molecule has 2 N–H and O–H groups in total. The number of ether oxygens (including phenoxy) is 1.